The predicted octanol–water partition coefficient (Wildman–Crippen LogP) is -0.878. The fourth-order valence-electron chi connectivity index (χ4n) is 6.37. The summed E-state index contributed by atoms with van der Waals surface area (Å²) in [6, 6.07) is 0. The van der Waals surface area contributed by atoms with E-state index in [2.05, 4.69) is 12.4 Å². The molecule has 1 aliphatic heterocycles. The quantitative estimate of drug-likeness (QED) is 0.618. The number of hydrogen-bond acceptors (Lipinski definition) is 1. The molecule has 1 amide bonds. The van der Waals surface area contributed by atoms with Crippen molar-refractivity contribution in [1.29, 1.82) is 0 Å². The van der Waals surface area contributed by atoms with Crippen molar-refractivity contribution in [1.82, 2.24) is 5.32 Å². The molecule has 4 nitrogen and oxygen atoms in total. The highest BCUT2D eigenvalue weighted by molar-refractivity contribution is 5.76. The summed E-state index contributed by atoms with van der Waals surface area (Å²) in [5.74, 6) is 3.20. The van der Waals surface area contributed by atoms with Gasteiger partial charge in [-0.3, -0.25) is 4.79 Å². The highest BCUT2D eigenvalue weighted by Gasteiger charge is 2.48. The predicted molar refractivity (Wildman–Crippen MR) is 90.4 cm³/mol. The molecule has 0 aromatic heterocycles. The van der Waals surface area contributed by atoms with Crippen LogP contribution in [-0.4, -0.2) is 52.2 Å². The molecule has 4 aliphatic carbocycles. The molecular weight excluding hydrogens is 286 g/mol. The molecule has 5 fully saturated rings. The summed E-state index contributed by atoms with van der Waals surface area (Å²) in [6.45, 7) is 6.37. The zero-order valence-electron chi connectivity index (χ0n) is 14.8. The number of rotatable bonds is 4. The maximum Gasteiger partial charge on any atom is 0.275 e. The summed E-state index contributed by atoms with van der Waals surface area (Å²) in [4.78, 5) is 15.5. The third-order valence-electron chi connectivity index (χ3n) is 7.36. The van der Waals surface area contributed by atoms with E-state index in [0.29, 0.717) is 17.9 Å². The molecule has 5 aliphatic rings. The van der Waals surface area contributed by atoms with E-state index in [1.165, 1.54) is 62.9 Å². The van der Waals surface area contributed by atoms with Crippen molar-refractivity contribution in [3.63, 3.8) is 0 Å². The van der Waals surface area contributed by atoms with Crippen LogP contribution >= 0.6 is 0 Å². The highest BCUT2D eigenvalue weighted by atomic mass is 16.2. The topological polar surface area (TPSA) is 38.0 Å². The monoisotopic (exact) mass is 321 g/mol. The van der Waals surface area contributed by atoms with Crippen LogP contribution in [0.15, 0.2) is 0 Å². The van der Waals surface area contributed by atoms with Gasteiger partial charge in [0.05, 0.1) is 7.05 Å². The van der Waals surface area contributed by atoms with E-state index in [-0.39, 0.29) is 0 Å². The Labute approximate surface area is 141 Å². The van der Waals surface area contributed by atoms with Gasteiger partial charge in [-0.1, -0.05) is 12.8 Å². The van der Waals surface area contributed by atoms with Crippen LogP contribution in [0.4, 0.5) is 0 Å². The van der Waals surface area contributed by atoms with Gasteiger partial charge in [-0.25, -0.2) is 0 Å². The van der Waals surface area contributed by atoms with Crippen LogP contribution < -0.4 is 15.1 Å². The van der Waals surface area contributed by atoms with Gasteiger partial charge in [-0.05, 0) is 55.3 Å². The lowest BCUT2D eigenvalue weighted by molar-refractivity contribution is -1.000. The SMILES string of the molecule is C[NH+]1CC[NH+](CC(=O)NCC23CC4C[C@@H](CC[C@@H](C4)C2)C3)CC1. The molecule has 4 bridgehead atoms. The van der Waals surface area contributed by atoms with Crippen molar-refractivity contribution in [2.45, 2.75) is 44.9 Å². The zero-order chi connectivity index (χ0) is 15.9. The molecule has 23 heavy (non-hydrogen) atoms. The molecule has 130 valence electrons. The first-order valence-electron chi connectivity index (χ1n) is 10.0. The second-order valence-corrected chi connectivity index (χ2v) is 9.42. The Kier molecular flexibility index (Phi) is 4.39. The van der Waals surface area contributed by atoms with Gasteiger partial charge in [0.2, 0.25) is 0 Å². The average Bonchev–Trinajstić information content (AvgIpc) is 2.74. The number of piperazine rings is 1. The van der Waals surface area contributed by atoms with Crippen molar-refractivity contribution in [2.24, 2.45) is 23.2 Å². The number of likely N-dealkylation sites (N-methyl/N-ethyl adjacent to an activating group) is 1. The van der Waals surface area contributed by atoms with Gasteiger partial charge in [0.25, 0.3) is 5.91 Å². The number of amides is 1. The molecule has 4 saturated carbocycles. The van der Waals surface area contributed by atoms with Crippen molar-refractivity contribution in [3.8, 4) is 0 Å². The van der Waals surface area contributed by atoms with Gasteiger partial charge in [0.15, 0.2) is 6.54 Å². The maximum absolute atomic E-state index is 12.4. The van der Waals surface area contributed by atoms with Crippen LogP contribution in [-0.2, 0) is 4.79 Å². The van der Waals surface area contributed by atoms with Gasteiger partial charge in [0.1, 0.15) is 26.2 Å². The summed E-state index contributed by atoms with van der Waals surface area (Å²) in [7, 11) is 2.26. The highest BCUT2D eigenvalue weighted by Crippen LogP contribution is 2.57. The number of hydrogen-bond donors (Lipinski definition) is 3. The molecule has 0 aromatic rings. The Bertz CT molecular complexity index is 428. The summed E-state index contributed by atoms with van der Waals surface area (Å²) in [5, 5.41) is 3.36. The molecule has 3 N–H and O–H groups in total. The maximum atomic E-state index is 12.4. The number of carbonyl (C=O) groups is 1. The Morgan fingerprint density at radius 2 is 1.61 bits per heavy atom. The van der Waals surface area contributed by atoms with Crippen molar-refractivity contribution < 1.29 is 14.6 Å². The zero-order valence-corrected chi connectivity index (χ0v) is 14.8. The molecule has 1 heterocycles. The van der Waals surface area contributed by atoms with Crippen molar-refractivity contribution in [2.75, 3.05) is 46.3 Å². The Morgan fingerprint density at radius 3 is 2.26 bits per heavy atom. The second-order valence-electron chi connectivity index (χ2n) is 9.42. The first kappa shape index (κ1) is 15.9. The van der Waals surface area contributed by atoms with E-state index in [0.717, 1.165) is 37.4 Å². The number of nitrogens with one attached hydrogen (secondary N) is 3. The molecule has 4 atom stereocenters. The van der Waals surface area contributed by atoms with Crippen molar-refractivity contribution in [3.05, 3.63) is 0 Å². The lowest BCUT2D eigenvalue weighted by Crippen LogP contribution is -3.27. The van der Waals surface area contributed by atoms with Gasteiger partial charge in [-0.15, -0.1) is 0 Å². The van der Waals surface area contributed by atoms with Crippen molar-refractivity contribution >= 4 is 5.91 Å². The normalized spacial score (nSPS) is 45.7. The Hall–Kier alpha value is -0.610. The number of fused-ring (bicyclic) bond motifs is 1. The summed E-state index contributed by atoms with van der Waals surface area (Å²) in [6.07, 6.45) is 10.1. The second kappa shape index (κ2) is 6.36. The molecule has 0 spiro atoms. The van der Waals surface area contributed by atoms with E-state index >= 15 is 0 Å². The Morgan fingerprint density at radius 1 is 1.00 bits per heavy atom. The molecule has 0 radical (unpaired) electrons. The minimum absolute atomic E-state index is 0.300. The van der Waals surface area contributed by atoms with Gasteiger partial charge in [-0.2, -0.15) is 0 Å². The Balaban J connectivity index is 1.29. The molecule has 4 heteroatoms. The minimum Gasteiger partial charge on any atom is -0.351 e. The van der Waals surface area contributed by atoms with Crippen LogP contribution in [0.5, 0.6) is 0 Å². The van der Waals surface area contributed by atoms with Gasteiger partial charge in [0, 0.05) is 6.54 Å². The smallest absolute Gasteiger partial charge is 0.275 e. The first-order valence-corrected chi connectivity index (χ1v) is 10.0. The third-order valence-corrected chi connectivity index (χ3v) is 7.36. The third kappa shape index (κ3) is 3.58. The van der Waals surface area contributed by atoms with Crippen LogP contribution in [0, 0.1) is 23.2 Å². The lowest BCUT2D eigenvalue weighted by atomic mass is 9.58. The molecule has 1 saturated heterocycles. The largest absolute Gasteiger partial charge is 0.351 e. The molecule has 5 rings (SSSR count). The van der Waals surface area contributed by atoms with E-state index in [4.69, 9.17) is 0 Å². The van der Waals surface area contributed by atoms with Gasteiger partial charge >= 0.3 is 0 Å². The van der Waals surface area contributed by atoms with Crippen LogP contribution in [0.3, 0.4) is 0 Å². The number of quaternary nitrogens is 2. The molecule has 2 unspecified atom stereocenters. The molecule has 0 aromatic carbocycles. The average molecular weight is 322 g/mol. The van der Waals surface area contributed by atoms with E-state index in [9.17, 15) is 4.79 Å². The van der Waals surface area contributed by atoms with Crippen LogP contribution in [0.25, 0.3) is 0 Å². The first-order chi connectivity index (χ1) is 11.1. The van der Waals surface area contributed by atoms with E-state index in [1.54, 1.807) is 4.90 Å². The fourth-order valence-corrected chi connectivity index (χ4v) is 6.37. The summed E-state index contributed by atoms with van der Waals surface area (Å²) in [5.41, 5.74) is 0.463. The van der Waals surface area contributed by atoms with Gasteiger partial charge < -0.3 is 15.1 Å². The number of carbonyl (C=O) groups excluding carboxylic acids is 1. The summed E-state index contributed by atoms with van der Waals surface area (Å²) >= 11 is 0. The minimum atomic E-state index is 0.300. The standard InChI is InChI=1S/C19H33N3O/c1-21-4-6-22(7-5-21)13-18(23)20-14-19-10-15-2-3-16(11-19)9-17(8-15)12-19/h15-17H,2-14H2,1H3,(H,20,23)/p+2/t15-,16+,17?,19?. The summed E-state index contributed by atoms with van der Waals surface area (Å²) < 4.78 is 0. The lowest BCUT2D eigenvalue weighted by Gasteiger charge is -2.48. The molecular formula is C19H35N3O+2. The van der Waals surface area contributed by atoms with E-state index < -0.39 is 0 Å². The van der Waals surface area contributed by atoms with E-state index in [1.807, 2.05) is 0 Å². The fraction of sp³-hybridized carbons (Fsp3) is 0.947. The van der Waals surface area contributed by atoms with Crippen LogP contribution in [0.2, 0.25) is 0 Å². The van der Waals surface area contributed by atoms with Crippen LogP contribution in [0.1, 0.15) is 44.9 Å².